The van der Waals surface area contributed by atoms with Gasteiger partial charge in [0, 0.05) is 24.3 Å². The fraction of sp³-hybridized carbons (Fsp3) is 0.162. The summed E-state index contributed by atoms with van der Waals surface area (Å²) in [5.74, 6) is 2.76. The van der Waals surface area contributed by atoms with Crippen molar-refractivity contribution in [2.45, 2.75) is 19.8 Å². The summed E-state index contributed by atoms with van der Waals surface area (Å²) < 4.78 is 35.6. The number of rotatable bonds is 15. The smallest absolute Gasteiger partial charge is 1.00 e. The minimum Gasteiger partial charge on any atom is -1.00 e. The monoisotopic (exact) mass is 630 g/mol. The zero-order valence-electron chi connectivity index (χ0n) is 27.4. The maximum atomic E-state index is 14.1. The number of methoxy groups -OCH3 is 3. The molecular formula is C37H36LiO7P. The van der Waals surface area contributed by atoms with Crippen LogP contribution in [0.3, 0.4) is 0 Å². The van der Waals surface area contributed by atoms with Crippen molar-refractivity contribution in [2.24, 2.45) is 0 Å². The van der Waals surface area contributed by atoms with Crippen molar-refractivity contribution < 1.29 is 53.5 Å². The molecule has 0 aliphatic heterocycles. The Labute approximate surface area is 285 Å². The van der Waals surface area contributed by atoms with Crippen LogP contribution >= 0.6 is 8.58 Å². The molecule has 0 heterocycles. The van der Waals surface area contributed by atoms with Crippen molar-refractivity contribution in [2.75, 3.05) is 21.3 Å². The van der Waals surface area contributed by atoms with Crippen molar-refractivity contribution in [3.63, 3.8) is 0 Å². The van der Waals surface area contributed by atoms with Crippen LogP contribution in [-0.2, 0) is 19.8 Å². The Morgan fingerprint density at radius 1 is 0.543 bits per heavy atom. The minimum atomic E-state index is -0.389. The molecule has 7 nitrogen and oxygen atoms in total. The third kappa shape index (κ3) is 9.08. The molecule has 1 atom stereocenters. The normalized spacial score (nSPS) is 10.6. The van der Waals surface area contributed by atoms with Gasteiger partial charge in [-0.1, -0.05) is 91.0 Å². The van der Waals surface area contributed by atoms with Gasteiger partial charge >= 0.3 is 18.9 Å². The third-order valence-corrected chi connectivity index (χ3v) is 8.16. The first-order chi connectivity index (χ1) is 22.1. The van der Waals surface area contributed by atoms with Crippen molar-refractivity contribution in [3.8, 4) is 34.5 Å². The summed E-state index contributed by atoms with van der Waals surface area (Å²) in [6.07, 6.45) is 0. The van der Waals surface area contributed by atoms with Crippen LogP contribution in [-0.4, -0.2) is 26.9 Å². The number of hydrogen-bond donors (Lipinski definition) is 0. The molecule has 0 bridgehead atoms. The standard InChI is InChI=1S/C37H35O7P.Li.H/c1-39-29-19-31(40-2)35(32(20-29)41-3)37(38)45-36-33(43-24-27-15-9-5-10-16-27)21-30(42-23-26-13-7-4-8-14-26)22-34(36)44-25-28-17-11-6-12-18-28;;/h4-22,45H,23-25H2,1-3H3;;/q;+1;-1. The van der Waals surface area contributed by atoms with E-state index in [0.717, 1.165) is 16.7 Å². The quantitative estimate of drug-likeness (QED) is 0.123. The minimum absolute atomic E-state index is 0. The first-order valence-corrected chi connectivity index (χ1v) is 15.4. The molecular weight excluding hydrogens is 594 g/mol. The van der Waals surface area contributed by atoms with Crippen molar-refractivity contribution >= 4 is 19.4 Å². The molecule has 0 amide bonds. The van der Waals surface area contributed by atoms with Crippen LogP contribution in [0, 0.1) is 0 Å². The van der Waals surface area contributed by atoms with E-state index in [4.69, 9.17) is 28.4 Å². The molecule has 0 radical (unpaired) electrons. The van der Waals surface area contributed by atoms with Gasteiger partial charge in [0.1, 0.15) is 59.9 Å². The van der Waals surface area contributed by atoms with Crippen LogP contribution in [0.2, 0.25) is 0 Å². The molecule has 5 aromatic carbocycles. The molecule has 46 heavy (non-hydrogen) atoms. The van der Waals surface area contributed by atoms with E-state index in [0.29, 0.717) is 65.2 Å². The summed E-state index contributed by atoms with van der Waals surface area (Å²) in [7, 11) is 4.18. The average molecular weight is 631 g/mol. The molecule has 1 unspecified atom stereocenters. The summed E-state index contributed by atoms with van der Waals surface area (Å²) in [5.41, 5.74) is 3.10. The second-order valence-electron chi connectivity index (χ2n) is 9.98. The van der Waals surface area contributed by atoms with E-state index in [1.165, 1.54) is 14.2 Å². The molecule has 5 rings (SSSR count). The van der Waals surface area contributed by atoms with Gasteiger partial charge in [-0.15, -0.1) is 0 Å². The first-order valence-electron chi connectivity index (χ1n) is 14.4. The van der Waals surface area contributed by atoms with Crippen molar-refractivity contribution in [3.05, 3.63) is 138 Å². The molecule has 0 fully saturated rings. The van der Waals surface area contributed by atoms with Crippen LogP contribution in [0.15, 0.2) is 115 Å². The molecule has 0 saturated heterocycles. The predicted molar refractivity (Wildman–Crippen MR) is 178 cm³/mol. The number of carbonyl (C=O) groups is 1. The van der Waals surface area contributed by atoms with Crippen LogP contribution in [0.1, 0.15) is 28.5 Å². The molecule has 5 aromatic rings. The van der Waals surface area contributed by atoms with Crippen LogP contribution in [0.4, 0.5) is 0 Å². The molecule has 0 aliphatic carbocycles. The fourth-order valence-electron chi connectivity index (χ4n) is 4.62. The molecule has 0 saturated carbocycles. The summed E-state index contributed by atoms with van der Waals surface area (Å²) in [6.45, 7) is 0.946. The maximum absolute atomic E-state index is 14.1. The zero-order chi connectivity index (χ0) is 31.4. The van der Waals surface area contributed by atoms with Gasteiger partial charge < -0.3 is 29.8 Å². The summed E-state index contributed by atoms with van der Waals surface area (Å²) in [6, 6.07) is 36.6. The van der Waals surface area contributed by atoms with E-state index in [-0.39, 0.29) is 34.4 Å². The maximum Gasteiger partial charge on any atom is 1.00 e. The Bertz CT molecular complexity index is 1620. The summed E-state index contributed by atoms with van der Waals surface area (Å²) >= 11 is 0. The molecule has 232 valence electrons. The Hall–Kier alpha value is -4.40. The summed E-state index contributed by atoms with van der Waals surface area (Å²) in [4.78, 5) is 14.1. The van der Waals surface area contributed by atoms with Crippen LogP contribution < -0.4 is 52.6 Å². The fourth-order valence-corrected chi connectivity index (χ4v) is 5.75. The largest absolute Gasteiger partial charge is 1.00 e. The van der Waals surface area contributed by atoms with Gasteiger partial charge in [-0.25, -0.2) is 0 Å². The Balaban J connectivity index is 0.00000300. The van der Waals surface area contributed by atoms with E-state index in [2.05, 4.69) is 0 Å². The predicted octanol–water partition coefficient (Wildman–Crippen LogP) is 4.71. The van der Waals surface area contributed by atoms with E-state index in [9.17, 15) is 4.79 Å². The van der Waals surface area contributed by atoms with Gasteiger partial charge in [0.2, 0.25) is 0 Å². The number of hydrogen-bond acceptors (Lipinski definition) is 7. The third-order valence-electron chi connectivity index (χ3n) is 6.94. The van der Waals surface area contributed by atoms with E-state index in [1.54, 1.807) is 19.2 Å². The van der Waals surface area contributed by atoms with Crippen LogP contribution in [0.25, 0.3) is 0 Å². The Morgan fingerprint density at radius 3 is 1.33 bits per heavy atom. The molecule has 9 heteroatoms. The van der Waals surface area contributed by atoms with E-state index < -0.39 is 0 Å². The topological polar surface area (TPSA) is 72.5 Å². The molecule has 0 aliphatic rings. The van der Waals surface area contributed by atoms with Gasteiger partial charge in [-0.2, -0.15) is 0 Å². The van der Waals surface area contributed by atoms with Crippen molar-refractivity contribution in [1.82, 2.24) is 0 Å². The SMILES string of the molecule is COc1cc(OC)c(C(=O)Pc2c(OCc3ccccc3)cc(OCc3ccccc3)cc2OCc2ccccc2)c(OC)c1.[H-].[Li+]. The number of ether oxygens (including phenoxy) is 6. The van der Waals surface area contributed by atoms with Crippen molar-refractivity contribution in [1.29, 1.82) is 0 Å². The van der Waals surface area contributed by atoms with Gasteiger partial charge in [-0.05, 0) is 25.3 Å². The molecule has 0 N–H and O–H groups in total. The second kappa shape index (κ2) is 17.3. The first kappa shape index (κ1) is 34.5. The zero-order valence-corrected chi connectivity index (χ0v) is 27.4. The second-order valence-corrected chi connectivity index (χ2v) is 11.2. The molecule has 0 spiro atoms. The Morgan fingerprint density at radius 2 is 0.935 bits per heavy atom. The summed E-state index contributed by atoms with van der Waals surface area (Å²) in [5, 5.41) is 0.610. The average Bonchev–Trinajstić information content (AvgIpc) is 3.10. The number of benzene rings is 5. The van der Waals surface area contributed by atoms with E-state index >= 15 is 0 Å². The Kier molecular flexibility index (Phi) is 13.0. The van der Waals surface area contributed by atoms with Gasteiger partial charge in [-0.3, -0.25) is 4.79 Å². The van der Waals surface area contributed by atoms with Gasteiger partial charge in [0.05, 0.1) is 26.6 Å². The van der Waals surface area contributed by atoms with Crippen LogP contribution in [0.5, 0.6) is 34.5 Å². The van der Waals surface area contributed by atoms with Gasteiger partial charge in [0.25, 0.3) is 0 Å². The number of carbonyl (C=O) groups excluding carboxylic acids is 1. The van der Waals surface area contributed by atoms with E-state index in [1.807, 2.05) is 103 Å². The van der Waals surface area contributed by atoms with Gasteiger partial charge in [0.15, 0.2) is 5.52 Å². The molecule has 0 aromatic heterocycles.